The van der Waals surface area contributed by atoms with Crippen LogP contribution in [0.4, 0.5) is 10.5 Å². The number of Topliss-reactive ketones (excluding diaryl/α,β-unsaturated/α-hetero) is 1. The van der Waals surface area contributed by atoms with Crippen molar-refractivity contribution in [1.82, 2.24) is 20.1 Å². The maximum atomic E-state index is 11.6. The molecule has 2 aromatic rings. The van der Waals surface area contributed by atoms with E-state index in [2.05, 4.69) is 20.7 Å². The van der Waals surface area contributed by atoms with Gasteiger partial charge in [-0.1, -0.05) is 0 Å². The van der Waals surface area contributed by atoms with Crippen molar-refractivity contribution >= 4 is 17.5 Å². The summed E-state index contributed by atoms with van der Waals surface area (Å²) < 4.78 is 1.54. The molecule has 2 N–H and O–H groups in total. The lowest BCUT2D eigenvalue weighted by Gasteiger charge is -2.10. The van der Waals surface area contributed by atoms with E-state index in [-0.39, 0.29) is 11.8 Å². The molecule has 7 nitrogen and oxygen atoms in total. The Morgan fingerprint density at radius 2 is 2.11 bits per heavy atom. The van der Waals surface area contributed by atoms with Crippen molar-refractivity contribution in [3.63, 3.8) is 0 Å². The molecular formula is C12H13N5O2. The first kappa shape index (κ1) is 12.7. The van der Waals surface area contributed by atoms with Gasteiger partial charge in [0.2, 0.25) is 0 Å². The third-order valence-corrected chi connectivity index (χ3v) is 2.54. The van der Waals surface area contributed by atoms with Crippen LogP contribution in [0.5, 0.6) is 0 Å². The van der Waals surface area contributed by atoms with Crippen LogP contribution in [0.25, 0.3) is 5.69 Å². The number of hydrogen-bond acceptors (Lipinski definition) is 4. The number of aromatic nitrogens is 3. The molecule has 2 amide bonds. The SMILES string of the molecule is CNC(=O)Nc1ccc(-n2cncn2)cc1C(C)=O. The number of anilines is 1. The lowest BCUT2D eigenvalue weighted by Crippen LogP contribution is -2.25. The minimum absolute atomic E-state index is 0.145. The molecule has 0 saturated carbocycles. The van der Waals surface area contributed by atoms with E-state index in [4.69, 9.17) is 0 Å². The predicted octanol–water partition coefficient (Wildman–Crippen LogP) is 1.22. The van der Waals surface area contributed by atoms with Crippen molar-refractivity contribution in [2.24, 2.45) is 0 Å². The van der Waals surface area contributed by atoms with Crippen molar-refractivity contribution < 1.29 is 9.59 Å². The topological polar surface area (TPSA) is 88.9 Å². The highest BCUT2D eigenvalue weighted by atomic mass is 16.2. The molecule has 19 heavy (non-hydrogen) atoms. The zero-order chi connectivity index (χ0) is 13.8. The van der Waals surface area contributed by atoms with Crippen LogP contribution in [0.3, 0.4) is 0 Å². The summed E-state index contributed by atoms with van der Waals surface area (Å²) >= 11 is 0. The van der Waals surface area contributed by atoms with Crippen molar-refractivity contribution in [3.8, 4) is 5.69 Å². The van der Waals surface area contributed by atoms with Gasteiger partial charge in [-0.2, -0.15) is 5.10 Å². The Morgan fingerprint density at radius 3 is 2.68 bits per heavy atom. The summed E-state index contributed by atoms with van der Waals surface area (Å²) in [5, 5.41) is 9.02. The number of nitrogens with one attached hydrogen (secondary N) is 2. The number of carbonyl (C=O) groups is 2. The van der Waals surface area contributed by atoms with Crippen LogP contribution >= 0.6 is 0 Å². The van der Waals surface area contributed by atoms with E-state index in [1.54, 1.807) is 18.2 Å². The molecule has 0 aliphatic rings. The molecule has 1 aromatic heterocycles. The fourth-order valence-corrected chi connectivity index (χ4v) is 1.60. The minimum Gasteiger partial charge on any atom is -0.341 e. The van der Waals surface area contributed by atoms with Crippen molar-refractivity contribution in [2.45, 2.75) is 6.92 Å². The minimum atomic E-state index is -0.379. The first-order valence-electron chi connectivity index (χ1n) is 5.60. The van der Waals surface area contributed by atoms with Crippen LogP contribution in [-0.2, 0) is 0 Å². The lowest BCUT2D eigenvalue weighted by atomic mass is 10.1. The van der Waals surface area contributed by atoms with E-state index in [0.29, 0.717) is 16.9 Å². The third kappa shape index (κ3) is 2.76. The number of urea groups is 1. The smallest absolute Gasteiger partial charge is 0.318 e. The maximum absolute atomic E-state index is 11.6. The first-order valence-corrected chi connectivity index (χ1v) is 5.60. The fourth-order valence-electron chi connectivity index (χ4n) is 1.60. The Hall–Kier alpha value is -2.70. The first-order chi connectivity index (χ1) is 9.11. The molecule has 0 saturated heterocycles. The molecule has 0 aliphatic carbocycles. The van der Waals surface area contributed by atoms with Crippen molar-refractivity contribution in [3.05, 3.63) is 36.4 Å². The van der Waals surface area contributed by atoms with Crippen molar-refractivity contribution in [2.75, 3.05) is 12.4 Å². The van der Waals surface area contributed by atoms with Gasteiger partial charge in [0.05, 0.1) is 11.4 Å². The Labute approximate surface area is 109 Å². The highest BCUT2D eigenvalue weighted by molar-refractivity contribution is 6.03. The molecule has 0 fully saturated rings. The molecule has 1 heterocycles. The molecule has 2 rings (SSSR count). The Bertz CT molecular complexity index is 607. The van der Waals surface area contributed by atoms with Crippen LogP contribution in [0.1, 0.15) is 17.3 Å². The summed E-state index contributed by atoms with van der Waals surface area (Å²) in [6, 6.07) is 4.67. The van der Waals surface area contributed by atoms with Crippen LogP contribution in [0.2, 0.25) is 0 Å². The number of rotatable bonds is 3. The Balaban J connectivity index is 2.41. The van der Waals surface area contributed by atoms with Gasteiger partial charge in [0.1, 0.15) is 12.7 Å². The van der Waals surface area contributed by atoms with Crippen LogP contribution in [0, 0.1) is 0 Å². The maximum Gasteiger partial charge on any atom is 0.318 e. The van der Waals surface area contributed by atoms with E-state index < -0.39 is 0 Å². The zero-order valence-corrected chi connectivity index (χ0v) is 10.5. The van der Waals surface area contributed by atoms with E-state index >= 15 is 0 Å². The quantitative estimate of drug-likeness (QED) is 0.811. The van der Waals surface area contributed by atoms with Gasteiger partial charge in [0.25, 0.3) is 0 Å². The number of benzene rings is 1. The number of carbonyl (C=O) groups excluding carboxylic acids is 2. The molecule has 0 radical (unpaired) electrons. The molecule has 0 spiro atoms. The van der Waals surface area contributed by atoms with E-state index in [9.17, 15) is 9.59 Å². The van der Waals surface area contributed by atoms with Crippen LogP contribution in [-0.4, -0.2) is 33.6 Å². The average Bonchev–Trinajstić information content (AvgIpc) is 2.92. The largest absolute Gasteiger partial charge is 0.341 e. The second kappa shape index (κ2) is 5.30. The second-order valence-electron chi connectivity index (χ2n) is 3.83. The van der Waals surface area contributed by atoms with Gasteiger partial charge in [-0.15, -0.1) is 0 Å². The molecule has 0 bridgehead atoms. The Morgan fingerprint density at radius 1 is 1.32 bits per heavy atom. The highest BCUT2D eigenvalue weighted by Crippen LogP contribution is 2.20. The van der Waals surface area contributed by atoms with Gasteiger partial charge < -0.3 is 10.6 Å². The normalized spacial score (nSPS) is 10.0. The number of ketones is 1. The standard InChI is InChI=1S/C12H13N5O2/c1-8(18)10-5-9(17-7-14-6-15-17)3-4-11(10)16-12(19)13-2/h3-7H,1-2H3,(H2,13,16,19). The van der Waals surface area contributed by atoms with E-state index in [1.165, 1.54) is 31.3 Å². The molecule has 7 heteroatoms. The van der Waals surface area contributed by atoms with E-state index in [0.717, 1.165) is 0 Å². The van der Waals surface area contributed by atoms with Gasteiger partial charge >= 0.3 is 6.03 Å². The van der Waals surface area contributed by atoms with Crippen molar-refractivity contribution in [1.29, 1.82) is 0 Å². The van der Waals surface area contributed by atoms with Gasteiger partial charge in [0, 0.05) is 12.6 Å². The molecular weight excluding hydrogens is 246 g/mol. The van der Waals surface area contributed by atoms with Gasteiger partial charge in [0.15, 0.2) is 5.78 Å². The fraction of sp³-hybridized carbons (Fsp3) is 0.167. The molecule has 98 valence electrons. The van der Waals surface area contributed by atoms with Gasteiger partial charge in [-0.3, -0.25) is 4.79 Å². The lowest BCUT2D eigenvalue weighted by molar-refractivity contribution is 0.101. The number of nitrogens with zero attached hydrogens (tertiary/aromatic N) is 3. The highest BCUT2D eigenvalue weighted by Gasteiger charge is 2.11. The summed E-state index contributed by atoms with van der Waals surface area (Å²) in [5.74, 6) is -0.145. The molecule has 0 atom stereocenters. The van der Waals surface area contributed by atoms with Gasteiger partial charge in [-0.25, -0.2) is 14.5 Å². The molecule has 0 unspecified atom stereocenters. The van der Waals surface area contributed by atoms with Gasteiger partial charge in [-0.05, 0) is 25.1 Å². The predicted molar refractivity (Wildman–Crippen MR) is 69.4 cm³/mol. The van der Waals surface area contributed by atoms with Crippen LogP contribution in [0.15, 0.2) is 30.9 Å². The Kier molecular flexibility index (Phi) is 3.56. The second-order valence-corrected chi connectivity index (χ2v) is 3.83. The zero-order valence-electron chi connectivity index (χ0n) is 10.5. The summed E-state index contributed by atoms with van der Waals surface area (Å²) in [6.45, 7) is 1.44. The summed E-state index contributed by atoms with van der Waals surface area (Å²) in [4.78, 5) is 26.8. The molecule has 1 aromatic carbocycles. The van der Waals surface area contributed by atoms with Crippen LogP contribution < -0.4 is 10.6 Å². The number of hydrogen-bond donors (Lipinski definition) is 2. The molecule has 0 aliphatic heterocycles. The summed E-state index contributed by atoms with van der Waals surface area (Å²) in [6.07, 6.45) is 2.94. The summed E-state index contributed by atoms with van der Waals surface area (Å²) in [5.41, 5.74) is 1.57. The number of amides is 2. The third-order valence-electron chi connectivity index (χ3n) is 2.54. The average molecular weight is 259 g/mol. The van der Waals surface area contributed by atoms with E-state index in [1.807, 2.05) is 0 Å². The summed E-state index contributed by atoms with van der Waals surface area (Å²) in [7, 11) is 1.51. The monoisotopic (exact) mass is 259 g/mol.